The van der Waals surface area contributed by atoms with Crippen LogP contribution in [0, 0.1) is 0 Å². The van der Waals surface area contributed by atoms with Gasteiger partial charge in [0, 0.05) is 30.0 Å². The summed E-state index contributed by atoms with van der Waals surface area (Å²) in [7, 11) is 3.13. The highest BCUT2D eigenvalue weighted by atomic mass is 16.5. The zero-order valence-electron chi connectivity index (χ0n) is 18.0. The number of carbonyl (C=O) groups excluding carboxylic acids is 1. The first-order valence-corrected chi connectivity index (χ1v) is 10.3. The Morgan fingerprint density at radius 2 is 1.59 bits per heavy atom. The second-order valence-corrected chi connectivity index (χ2v) is 7.13. The molecular formula is C26H24N2O4. The third kappa shape index (κ3) is 4.81. The summed E-state index contributed by atoms with van der Waals surface area (Å²) in [6.07, 6.45) is 0.592. The fraction of sp³-hybridized carbons (Fsp3) is 0.154. The Kier molecular flexibility index (Phi) is 6.51. The van der Waals surface area contributed by atoms with Gasteiger partial charge in [-0.3, -0.25) is 4.79 Å². The maximum absolute atomic E-state index is 12.6. The second kappa shape index (κ2) is 9.83. The molecule has 0 bridgehead atoms. The number of hydrogen-bond acceptors (Lipinski definition) is 5. The Morgan fingerprint density at radius 3 is 2.25 bits per heavy atom. The standard InChI is InChI=1S/C26H24N2O4/c1-30-20-13-14-21(22(17-20)31-2)27-23(29)15-16-24-28-25(18-9-5-3-6-10-18)26(32-24)19-11-7-4-8-12-19/h3-14,17H,15-16H2,1-2H3,(H,27,29). The van der Waals surface area contributed by atoms with E-state index in [2.05, 4.69) is 5.32 Å². The molecule has 3 aromatic carbocycles. The monoisotopic (exact) mass is 428 g/mol. The summed E-state index contributed by atoms with van der Waals surface area (Å²) in [5.41, 5.74) is 3.26. The van der Waals surface area contributed by atoms with Gasteiger partial charge >= 0.3 is 0 Å². The smallest absolute Gasteiger partial charge is 0.224 e. The largest absolute Gasteiger partial charge is 0.497 e. The fourth-order valence-corrected chi connectivity index (χ4v) is 3.38. The highest BCUT2D eigenvalue weighted by Crippen LogP contribution is 2.33. The van der Waals surface area contributed by atoms with Crippen LogP contribution in [0.2, 0.25) is 0 Å². The van der Waals surface area contributed by atoms with Crippen molar-refractivity contribution in [2.45, 2.75) is 12.8 Å². The van der Waals surface area contributed by atoms with Crippen molar-refractivity contribution in [3.63, 3.8) is 0 Å². The van der Waals surface area contributed by atoms with E-state index >= 15 is 0 Å². The Bertz CT molecular complexity index is 1130. The fourth-order valence-electron chi connectivity index (χ4n) is 3.38. The summed E-state index contributed by atoms with van der Waals surface area (Å²) in [6.45, 7) is 0. The molecule has 0 aliphatic carbocycles. The maximum atomic E-state index is 12.6. The van der Waals surface area contributed by atoms with E-state index in [9.17, 15) is 4.79 Å². The maximum Gasteiger partial charge on any atom is 0.224 e. The number of rotatable bonds is 8. The molecule has 0 unspecified atom stereocenters. The molecule has 1 N–H and O–H groups in total. The first-order chi connectivity index (χ1) is 15.7. The number of hydrogen-bond donors (Lipinski definition) is 1. The van der Waals surface area contributed by atoms with Crippen LogP contribution in [0.15, 0.2) is 83.3 Å². The number of aryl methyl sites for hydroxylation is 1. The minimum Gasteiger partial charge on any atom is -0.497 e. The van der Waals surface area contributed by atoms with Gasteiger partial charge in [-0.1, -0.05) is 60.7 Å². The summed E-state index contributed by atoms with van der Waals surface area (Å²) in [5, 5.41) is 2.88. The zero-order chi connectivity index (χ0) is 22.3. The number of benzene rings is 3. The topological polar surface area (TPSA) is 73.6 Å². The van der Waals surface area contributed by atoms with Gasteiger partial charge in [0.15, 0.2) is 11.7 Å². The lowest BCUT2D eigenvalue weighted by molar-refractivity contribution is -0.116. The summed E-state index contributed by atoms with van der Waals surface area (Å²) >= 11 is 0. The van der Waals surface area contributed by atoms with Crippen molar-refractivity contribution >= 4 is 11.6 Å². The minimum absolute atomic E-state index is 0.158. The molecule has 0 radical (unpaired) electrons. The van der Waals surface area contributed by atoms with E-state index in [0.717, 1.165) is 16.8 Å². The van der Waals surface area contributed by atoms with Crippen molar-refractivity contribution in [3.8, 4) is 34.1 Å². The lowest BCUT2D eigenvalue weighted by Crippen LogP contribution is -2.13. The number of methoxy groups -OCH3 is 2. The average Bonchev–Trinajstić information content (AvgIpc) is 3.28. The van der Waals surface area contributed by atoms with Gasteiger partial charge in [-0.2, -0.15) is 0 Å². The number of amides is 1. The summed E-state index contributed by atoms with van der Waals surface area (Å²) in [6, 6.07) is 25.0. The van der Waals surface area contributed by atoms with E-state index in [-0.39, 0.29) is 12.3 Å². The van der Waals surface area contributed by atoms with Gasteiger partial charge in [0.25, 0.3) is 0 Å². The van der Waals surface area contributed by atoms with Crippen molar-refractivity contribution in [2.24, 2.45) is 0 Å². The average molecular weight is 428 g/mol. The number of aromatic nitrogens is 1. The van der Waals surface area contributed by atoms with E-state index < -0.39 is 0 Å². The molecule has 0 aliphatic heterocycles. The Labute approximate surface area is 186 Å². The first kappa shape index (κ1) is 21.2. The van der Waals surface area contributed by atoms with E-state index in [4.69, 9.17) is 18.9 Å². The Balaban J connectivity index is 1.51. The predicted octanol–water partition coefficient (Wildman–Crippen LogP) is 5.60. The number of nitrogens with one attached hydrogen (secondary N) is 1. The van der Waals surface area contributed by atoms with Crippen LogP contribution in [-0.2, 0) is 11.2 Å². The van der Waals surface area contributed by atoms with Crippen LogP contribution >= 0.6 is 0 Å². The third-order valence-electron chi connectivity index (χ3n) is 5.00. The van der Waals surface area contributed by atoms with E-state index in [0.29, 0.717) is 35.3 Å². The van der Waals surface area contributed by atoms with Crippen LogP contribution in [0.5, 0.6) is 11.5 Å². The van der Waals surface area contributed by atoms with E-state index in [1.807, 2.05) is 60.7 Å². The Hall–Kier alpha value is -4.06. The van der Waals surface area contributed by atoms with Crippen LogP contribution in [0.25, 0.3) is 22.6 Å². The van der Waals surface area contributed by atoms with Crippen LogP contribution < -0.4 is 14.8 Å². The highest BCUT2D eigenvalue weighted by Gasteiger charge is 2.18. The van der Waals surface area contributed by atoms with Crippen LogP contribution in [0.4, 0.5) is 5.69 Å². The molecule has 162 valence electrons. The first-order valence-electron chi connectivity index (χ1n) is 10.3. The molecule has 32 heavy (non-hydrogen) atoms. The number of carbonyl (C=O) groups is 1. The van der Waals surface area contributed by atoms with Crippen molar-refractivity contribution in [1.82, 2.24) is 4.98 Å². The lowest BCUT2D eigenvalue weighted by Gasteiger charge is -2.11. The molecular weight excluding hydrogens is 404 g/mol. The normalized spacial score (nSPS) is 10.6. The van der Waals surface area contributed by atoms with Gasteiger partial charge in [-0.15, -0.1) is 0 Å². The number of ether oxygens (including phenoxy) is 2. The molecule has 0 spiro atoms. The molecule has 1 amide bonds. The molecule has 6 nitrogen and oxygen atoms in total. The van der Waals surface area contributed by atoms with Gasteiger partial charge in [0.05, 0.1) is 19.9 Å². The molecule has 1 heterocycles. The summed E-state index contributed by atoms with van der Waals surface area (Å²) in [4.78, 5) is 17.3. The lowest BCUT2D eigenvalue weighted by atomic mass is 10.1. The molecule has 0 aliphatic rings. The second-order valence-electron chi connectivity index (χ2n) is 7.13. The van der Waals surface area contributed by atoms with E-state index in [1.165, 1.54) is 0 Å². The van der Waals surface area contributed by atoms with Gasteiger partial charge in [0.2, 0.25) is 5.91 Å². The van der Waals surface area contributed by atoms with Gasteiger partial charge in [-0.05, 0) is 12.1 Å². The SMILES string of the molecule is COc1ccc(NC(=O)CCc2nc(-c3ccccc3)c(-c3ccccc3)o2)c(OC)c1. The minimum atomic E-state index is -0.158. The Morgan fingerprint density at radius 1 is 0.906 bits per heavy atom. The van der Waals surface area contributed by atoms with Crippen LogP contribution in [0.3, 0.4) is 0 Å². The molecule has 4 aromatic rings. The number of nitrogens with zero attached hydrogens (tertiary/aromatic N) is 1. The van der Waals surface area contributed by atoms with Gasteiger partial charge < -0.3 is 19.2 Å². The quantitative estimate of drug-likeness (QED) is 0.396. The number of anilines is 1. The van der Waals surface area contributed by atoms with Crippen molar-refractivity contribution in [1.29, 1.82) is 0 Å². The molecule has 0 fully saturated rings. The van der Waals surface area contributed by atoms with E-state index in [1.54, 1.807) is 32.4 Å². The third-order valence-corrected chi connectivity index (χ3v) is 5.00. The summed E-state index contributed by atoms with van der Waals surface area (Å²) in [5.74, 6) is 2.24. The number of oxazole rings is 1. The van der Waals surface area contributed by atoms with Crippen molar-refractivity contribution in [2.75, 3.05) is 19.5 Å². The molecule has 4 rings (SSSR count). The van der Waals surface area contributed by atoms with Gasteiger partial charge in [-0.25, -0.2) is 4.98 Å². The predicted molar refractivity (Wildman–Crippen MR) is 124 cm³/mol. The molecule has 0 saturated carbocycles. The van der Waals surface area contributed by atoms with Crippen molar-refractivity contribution in [3.05, 3.63) is 84.8 Å². The molecule has 1 aromatic heterocycles. The van der Waals surface area contributed by atoms with Crippen LogP contribution in [0.1, 0.15) is 12.3 Å². The van der Waals surface area contributed by atoms with Gasteiger partial charge in [0.1, 0.15) is 17.2 Å². The molecule has 0 saturated heterocycles. The summed E-state index contributed by atoms with van der Waals surface area (Å²) < 4.78 is 16.6. The zero-order valence-corrected chi connectivity index (χ0v) is 18.0. The molecule has 6 heteroatoms. The highest BCUT2D eigenvalue weighted by molar-refractivity contribution is 5.92. The van der Waals surface area contributed by atoms with Crippen LogP contribution in [-0.4, -0.2) is 25.1 Å². The molecule has 0 atom stereocenters. The van der Waals surface area contributed by atoms with Crippen molar-refractivity contribution < 1.29 is 18.7 Å².